The number of rotatable bonds is 62. The van der Waals surface area contributed by atoms with E-state index in [1.807, 2.05) is 6.08 Å². The number of carbonyl (C=O) groups is 1. The smallest absolute Gasteiger partial charge is 0.220 e. The van der Waals surface area contributed by atoms with Gasteiger partial charge < -0.3 is 65.1 Å². The van der Waals surface area contributed by atoms with Crippen molar-refractivity contribution in [3.8, 4) is 0 Å². The van der Waals surface area contributed by atoms with Gasteiger partial charge in [-0.1, -0.05) is 311 Å². The molecule has 2 aliphatic rings. The van der Waals surface area contributed by atoms with Crippen LogP contribution in [0.1, 0.15) is 309 Å². The van der Waals surface area contributed by atoms with Crippen LogP contribution in [0, 0.1) is 0 Å². The van der Waals surface area contributed by atoms with Crippen LogP contribution in [0.15, 0.2) is 85.1 Å². The van der Waals surface area contributed by atoms with Crippen molar-refractivity contribution >= 4 is 5.91 Å². The van der Waals surface area contributed by atoms with Crippen LogP contribution in [0.4, 0.5) is 0 Å². The second kappa shape index (κ2) is 61.7. The van der Waals surface area contributed by atoms with Gasteiger partial charge in [0.15, 0.2) is 12.6 Å². The highest BCUT2D eigenvalue weighted by atomic mass is 16.7. The molecule has 0 aromatic rings. The minimum atomic E-state index is -1.79. The summed E-state index contributed by atoms with van der Waals surface area (Å²) in [6.07, 6.45) is 69.6. The Kier molecular flexibility index (Phi) is 57.2. The molecule has 0 aromatic heterocycles. The van der Waals surface area contributed by atoms with Gasteiger partial charge in [-0.05, 0) is 77.0 Å². The molecule has 0 radical (unpaired) electrons. The van der Waals surface area contributed by atoms with E-state index in [-0.39, 0.29) is 18.9 Å². The van der Waals surface area contributed by atoms with E-state index in [4.69, 9.17) is 18.9 Å². The average Bonchev–Trinajstić information content (AvgIpc) is 0.856. The molecule has 0 spiro atoms. The molecule has 2 heterocycles. The number of unbranched alkanes of at least 4 members (excludes halogenated alkanes) is 37. The van der Waals surface area contributed by atoms with Crippen molar-refractivity contribution in [2.24, 2.45) is 0 Å². The van der Waals surface area contributed by atoms with E-state index in [2.05, 4.69) is 92.1 Å². The quantitative estimate of drug-likeness (QED) is 0.0204. The Hall–Kier alpha value is -2.83. The fourth-order valence-corrected chi connectivity index (χ4v) is 12.1. The molecule has 2 aliphatic heterocycles. The lowest BCUT2D eigenvalue weighted by molar-refractivity contribution is -0.359. The molecule has 14 heteroatoms. The first kappa shape index (κ1) is 85.3. The average molecular weight is 1300 g/mol. The number of aliphatic hydroxyl groups is 8. The Morgan fingerprint density at radius 2 is 0.761 bits per heavy atom. The van der Waals surface area contributed by atoms with Crippen LogP contribution in [-0.4, -0.2) is 140 Å². The molecule has 0 aliphatic carbocycles. The Labute approximate surface area is 561 Å². The third-order valence-corrected chi connectivity index (χ3v) is 18.1. The fraction of sp³-hybridized carbons (Fsp3) is 0.808. The molecule has 0 saturated carbocycles. The summed E-state index contributed by atoms with van der Waals surface area (Å²) in [5.74, 6) is -0.245. The third-order valence-electron chi connectivity index (χ3n) is 18.1. The molecule has 0 aromatic carbocycles. The summed E-state index contributed by atoms with van der Waals surface area (Å²) in [7, 11) is 0. The van der Waals surface area contributed by atoms with E-state index in [1.54, 1.807) is 6.08 Å². The maximum atomic E-state index is 13.3. The zero-order valence-corrected chi connectivity index (χ0v) is 58.3. The lowest BCUT2D eigenvalue weighted by Gasteiger charge is -2.46. The van der Waals surface area contributed by atoms with E-state index < -0.39 is 86.8 Å². The van der Waals surface area contributed by atoms with Crippen molar-refractivity contribution in [1.82, 2.24) is 5.32 Å². The van der Waals surface area contributed by atoms with E-state index in [1.165, 1.54) is 212 Å². The van der Waals surface area contributed by atoms with Gasteiger partial charge in [-0.15, -0.1) is 0 Å². The second-order valence-electron chi connectivity index (χ2n) is 26.4. The van der Waals surface area contributed by atoms with Crippen LogP contribution in [0.25, 0.3) is 0 Å². The van der Waals surface area contributed by atoms with Crippen molar-refractivity contribution in [3.05, 3.63) is 85.1 Å². The van der Waals surface area contributed by atoms with Crippen molar-refractivity contribution in [3.63, 3.8) is 0 Å². The second-order valence-corrected chi connectivity index (χ2v) is 26.4. The molecule has 2 saturated heterocycles. The van der Waals surface area contributed by atoms with Crippen molar-refractivity contribution < 1.29 is 64.6 Å². The molecule has 0 bridgehead atoms. The molecular formula is C78H139NO13. The first-order chi connectivity index (χ1) is 45.1. The van der Waals surface area contributed by atoms with Gasteiger partial charge in [-0.3, -0.25) is 4.79 Å². The van der Waals surface area contributed by atoms with E-state index in [0.717, 1.165) is 64.2 Å². The highest BCUT2D eigenvalue weighted by Gasteiger charge is 2.51. The normalized spacial score (nSPS) is 23.2. The Morgan fingerprint density at radius 3 is 1.20 bits per heavy atom. The SMILES string of the molecule is CC/C=C\C/C=C\C/C=C\C/C=C\C/C=C\CCCCCCCCCCCCCCCCCCCCCCCCCCCC(=O)NC(COC1OC(CO)C(OC2OC(CO)C(O)C(O)C2O)C(O)C1O)C(O)/C=C/CC/C=C/CCCCCCCCCCCCC. The van der Waals surface area contributed by atoms with Gasteiger partial charge in [-0.25, -0.2) is 0 Å². The Bertz CT molecular complexity index is 1870. The molecule has 12 unspecified atom stereocenters. The predicted octanol–water partition coefficient (Wildman–Crippen LogP) is 16.4. The number of hydrogen-bond acceptors (Lipinski definition) is 13. The monoisotopic (exact) mass is 1300 g/mol. The van der Waals surface area contributed by atoms with Crippen molar-refractivity contribution in [1.29, 1.82) is 0 Å². The summed E-state index contributed by atoms with van der Waals surface area (Å²) >= 11 is 0. The van der Waals surface area contributed by atoms with Crippen molar-refractivity contribution in [2.45, 2.75) is 383 Å². The summed E-state index contributed by atoms with van der Waals surface area (Å²) in [5.41, 5.74) is 0. The standard InChI is InChI=1S/C78H139NO13/c1-3-5-7-9-11-13-15-17-19-21-22-23-24-25-26-27-28-29-30-31-32-33-34-35-36-37-38-39-40-41-42-43-44-46-48-50-52-54-56-58-60-62-70(83)79-66(67(82)61-59-57-55-53-51-49-47-45-20-18-16-14-12-10-8-6-4-2)65-89-77-75(88)73(86)76(69(64-81)91-77)92-78-74(87)72(85)71(84)68(63-80)90-78/h5,7,11,13,17,19,22-23,25-26,51,53,59,61,66-69,71-78,80-82,84-88H,3-4,6,8-10,12,14-16,18,20-21,24,27-50,52,54-58,60,62-65H2,1-2H3,(H,79,83)/b7-5-,13-11-,19-17-,23-22-,26-25-,53-51+,61-59+. The van der Waals surface area contributed by atoms with Crippen LogP contribution < -0.4 is 5.32 Å². The van der Waals surface area contributed by atoms with Gasteiger partial charge in [0.25, 0.3) is 0 Å². The maximum absolute atomic E-state index is 13.3. The van der Waals surface area contributed by atoms with Gasteiger partial charge >= 0.3 is 0 Å². The predicted molar refractivity (Wildman–Crippen MR) is 378 cm³/mol. The number of nitrogens with one attached hydrogen (secondary N) is 1. The molecule has 2 rings (SSSR count). The summed E-state index contributed by atoms with van der Waals surface area (Å²) < 4.78 is 22.8. The van der Waals surface area contributed by atoms with Crippen LogP contribution in [0.5, 0.6) is 0 Å². The van der Waals surface area contributed by atoms with Gasteiger partial charge in [0.05, 0.1) is 32.0 Å². The van der Waals surface area contributed by atoms with Crippen LogP contribution in [-0.2, 0) is 23.7 Å². The molecule has 1 amide bonds. The van der Waals surface area contributed by atoms with Crippen LogP contribution in [0.2, 0.25) is 0 Å². The number of ether oxygens (including phenoxy) is 4. The van der Waals surface area contributed by atoms with E-state index in [9.17, 15) is 45.6 Å². The van der Waals surface area contributed by atoms with Gasteiger partial charge in [0.1, 0.15) is 48.8 Å². The molecule has 534 valence electrons. The highest BCUT2D eigenvalue weighted by molar-refractivity contribution is 5.76. The minimum absolute atomic E-state index is 0.245. The zero-order valence-electron chi connectivity index (χ0n) is 58.3. The first-order valence-corrected chi connectivity index (χ1v) is 37.8. The minimum Gasteiger partial charge on any atom is -0.394 e. The molecular weight excluding hydrogens is 1160 g/mol. The molecule has 92 heavy (non-hydrogen) atoms. The topological polar surface area (TPSA) is 228 Å². The fourth-order valence-electron chi connectivity index (χ4n) is 12.1. The number of amides is 1. The van der Waals surface area contributed by atoms with Crippen molar-refractivity contribution in [2.75, 3.05) is 19.8 Å². The lowest BCUT2D eigenvalue weighted by Crippen LogP contribution is -2.65. The zero-order chi connectivity index (χ0) is 66.6. The number of carbonyl (C=O) groups excluding carboxylic acids is 1. The summed E-state index contributed by atoms with van der Waals surface area (Å²) in [6.45, 7) is 2.69. The lowest BCUT2D eigenvalue weighted by atomic mass is 9.97. The number of aliphatic hydroxyl groups excluding tert-OH is 8. The van der Waals surface area contributed by atoms with Gasteiger partial charge in [0.2, 0.25) is 5.91 Å². The van der Waals surface area contributed by atoms with E-state index >= 15 is 0 Å². The Morgan fingerprint density at radius 1 is 0.402 bits per heavy atom. The molecule has 14 nitrogen and oxygen atoms in total. The number of hydrogen-bond donors (Lipinski definition) is 9. The third kappa shape index (κ3) is 44.8. The first-order valence-electron chi connectivity index (χ1n) is 37.8. The largest absolute Gasteiger partial charge is 0.394 e. The summed E-state index contributed by atoms with van der Waals surface area (Å²) in [6, 6.07) is -0.933. The van der Waals surface area contributed by atoms with E-state index in [0.29, 0.717) is 12.8 Å². The maximum Gasteiger partial charge on any atom is 0.220 e. The summed E-state index contributed by atoms with van der Waals surface area (Å²) in [4.78, 5) is 13.3. The van der Waals surface area contributed by atoms with Crippen LogP contribution >= 0.6 is 0 Å². The van der Waals surface area contributed by atoms with Gasteiger partial charge in [-0.2, -0.15) is 0 Å². The summed E-state index contributed by atoms with van der Waals surface area (Å²) in [5, 5.41) is 87.4. The Balaban J connectivity index is 1.56. The number of allylic oxidation sites excluding steroid dienone is 13. The highest BCUT2D eigenvalue weighted by Crippen LogP contribution is 2.30. The van der Waals surface area contributed by atoms with Crippen LogP contribution in [0.3, 0.4) is 0 Å². The molecule has 9 N–H and O–H groups in total. The molecule has 2 fully saturated rings. The molecule has 12 atom stereocenters. The van der Waals surface area contributed by atoms with Gasteiger partial charge in [0, 0.05) is 6.42 Å².